The standard InChI is InChI=1S/C10H19NO2/c1-9-5-3-2-4-7-11(9)8-6-10(12)13/h9H,2-8H2,1H3,(H,12,13). The Morgan fingerprint density at radius 1 is 1.46 bits per heavy atom. The Labute approximate surface area is 79.7 Å². The lowest BCUT2D eigenvalue weighted by molar-refractivity contribution is -0.137. The molecular weight excluding hydrogens is 166 g/mol. The number of likely N-dealkylation sites (tertiary alicyclic amines) is 1. The van der Waals surface area contributed by atoms with Gasteiger partial charge in [0.2, 0.25) is 0 Å². The Morgan fingerprint density at radius 2 is 2.23 bits per heavy atom. The molecular formula is C10H19NO2. The highest BCUT2D eigenvalue weighted by Crippen LogP contribution is 2.16. The molecule has 1 heterocycles. The van der Waals surface area contributed by atoms with E-state index in [0.29, 0.717) is 6.04 Å². The topological polar surface area (TPSA) is 40.5 Å². The van der Waals surface area contributed by atoms with Gasteiger partial charge in [0.25, 0.3) is 0 Å². The summed E-state index contributed by atoms with van der Waals surface area (Å²) in [5, 5.41) is 8.57. The number of hydrogen-bond acceptors (Lipinski definition) is 2. The number of nitrogens with zero attached hydrogens (tertiary/aromatic N) is 1. The molecule has 1 unspecified atom stereocenters. The molecule has 3 nitrogen and oxygen atoms in total. The first kappa shape index (κ1) is 10.5. The third-order valence-electron chi connectivity index (χ3n) is 2.80. The van der Waals surface area contributed by atoms with E-state index in [-0.39, 0.29) is 6.42 Å². The molecule has 0 amide bonds. The highest BCUT2D eigenvalue weighted by Gasteiger charge is 2.16. The van der Waals surface area contributed by atoms with Gasteiger partial charge in [0, 0.05) is 12.6 Å². The molecule has 0 aromatic heterocycles. The molecule has 1 fully saturated rings. The predicted molar refractivity (Wildman–Crippen MR) is 51.8 cm³/mol. The highest BCUT2D eigenvalue weighted by molar-refractivity contribution is 5.66. The van der Waals surface area contributed by atoms with Crippen molar-refractivity contribution in [1.82, 2.24) is 4.90 Å². The number of carboxylic acids is 1. The van der Waals surface area contributed by atoms with Crippen molar-refractivity contribution >= 4 is 5.97 Å². The molecule has 0 saturated carbocycles. The third kappa shape index (κ3) is 3.77. The fourth-order valence-corrected chi connectivity index (χ4v) is 1.91. The molecule has 0 aliphatic carbocycles. The van der Waals surface area contributed by atoms with Gasteiger partial charge in [0.15, 0.2) is 0 Å². The van der Waals surface area contributed by atoms with Crippen LogP contribution >= 0.6 is 0 Å². The number of aliphatic carboxylic acids is 1. The lowest BCUT2D eigenvalue weighted by Crippen LogP contribution is -2.34. The van der Waals surface area contributed by atoms with Crippen molar-refractivity contribution in [1.29, 1.82) is 0 Å². The van der Waals surface area contributed by atoms with Crippen LogP contribution in [0.5, 0.6) is 0 Å². The Hall–Kier alpha value is -0.570. The monoisotopic (exact) mass is 185 g/mol. The molecule has 0 aromatic carbocycles. The number of rotatable bonds is 3. The van der Waals surface area contributed by atoms with E-state index < -0.39 is 5.97 Å². The van der Waals surface area contributed by atoms with Gasteiger partial charge in [-0.05, 0) is 26.3 Å². The fraction of sp³-hybridized carbons (Fsp3) is 0.900. The smallest absolute Gasteiger partial charge is 0.304 e. The third-order valence-corrected chi connectivity index (χ3v) is 2.80. The molecule has 3 heteroatoms. The molecule has 1 rings (SSSR count). The van der Waals surface area contributed by atoms with Crippen molar-refractivity contribution in [3.8, 4) is 0 Å². The van der Waals surface area contributed by atoms with Crippen LogP contribution in [0.2, 0.25) is 0 Å². The van der Waals surface area contributed by atoms with Crippen molar-refractivity contribution in [3.63, 3.8) is 0 Å². The zero-order valence-electron chi connectivity index (χ0n) is 8.33. The van der Waals surface area contributed by atoms with Gasteiger partial charge < -0.3 is 10.0 Å². The Balaban J connectivity index is 2.31. The lowest BCUT2D eigenvalue weighted by atomic mass is 10.1. The van der Waals surface area contributed by atoms with Gasteiger partial charge in [-0.15, -0.1) is 0 Å². The zero-order valence-corrected chi connectivity index (χ0v) is 8.33. The van der Waals surface area contributed by atoms with E-state index in [1.807, 2.05) is 0 Å². The van der Waals surface area contributed by atoms with E-state index in [1.165, 1.54) is 25.7 Å². The Kier molecular flexibility index (Phi) is 4.22. The second-order valence-electron chi connectivity index (χ2n) is 3.88. The first-order valence-electron chi connectivity index (χ1n) is 5.16. The van der Waals surface area contributed by atoms with Crippen molar-refractivity contribution in [2.45, 2.75) is 45.1 Å². The second-order valence-corrected chi connectivity index (χ2v) is 3.88. The summed E-state index contributed by atoms with van der Waals surface area (Å²) in [5.74, 6) is -0.684. The SMILES string of the molecule is CC1CCCCCN1CCC(=O)O. The van der Waals surface area contributed by atoms with Gasteiger partial charge in [0.05, 0.1) is 6.42 Å². The first-order valence-corrected chi connectivity index (χ1v) is 5.16. The average molecular weight is 185 g/mol. The average Bonchev–Trinajstić information content (AvgIpc) is 2.27. The number of carbonyl (C=O) groups is 1. The number of carboxylic acid groups (broad SMARTS) is 1. The van der Waals surface area contributed by atoms with Crippen molar-refractivity contribution in [3.05, 3.63) is 0 Å². The lowest BCUT2D eigenvalue weighted by Gasteiger charge is -2.25. The molecule has 1 atom stereocenters. The van der Waals surface area contributed by atoms with E-state index >= 15 is 0 Å². The summed E-state index contributed by atoms with van der Waals surface area (Å²) >= 11 is 0. The molecule has 1 aliphatic heterocycles. The predicted octanol–water partition coefficient (Wildman–Crippen LogP) is 1.73. The zero-order chi connectivity index (χ0) is 9.68. The molecule has 76 valence electrons. The molecule has 1 aliphatic rings. The van der Waals surface area contributed by atoms with E-state index in [2.05, 4.69) is 11.8 Å². The molecule has 13 heavy (non-hydrogen) atoms. The van der Waals surface area contributed by atoms with Crippen LogP contribution in [0, 0.1) is 0 Å². The molecule has 1 N–H and O–H groups in total. The summed E-state index contributed by atoms with van der Waals surface area (Å²) in [5.41, 5.74) is 0. The van der Waals surface area contributed by atoms with E-state index in [9.17, 15) is 4.79 Å². The van der Waals surface area contributed by atoms with Crippen LogP contribution in [0.4, 0.5) is 0 Å². The van der Waals surface area contributed by atoms with Gasteiger partial charge >= 0.3 is 5.97 Å². The Morgan fingerprint density at radius 3 is 2.92 bits per heavy atom. The first-order chi connectivity index (χ1) is 6.20. The summed E-state index contributed by atoms with van der Waals surface area (Å²) in [6, 6.07) is 0.571. The fourth-order valence-electron chi connectivity index (χ4n) is 1.91. The Bertz CT molecular complexity index is 170. The van der Waals surface area contributed by atoms with E-state index in [1.54, 1.807) is 0 Å². The maximum absolute atomic E-state index is 10.4. The minimum atomic E-state index is -0.684. The number of hydrogen-bond donors (Lipinski definition) is 1. The van der Waals surface area contributed by atoms with Crippen LogP contribution in [-0.2, 0) is 4.79 Å². The van der Waals surface area contributed by atoms with Crippen molar-refractivity contribution in [2.24, 2.45) is 0 Å². The van der Waals surface area contributed by atoms with Gasteiger partial charge in [-0.25, -0.2) is 0 Å². The van der Waals surface area contributed by atoms with E-state index in [0.717, 1.165) is 13.1 Å². The molecule has 0 radical (unpaired) electrons. The highest BCUT2D eigenvalue weighted by atomic mass is 16.4. The minimum absolute atomic E-state index is 0.282. The van der Waals surface area contributed by atoms with E-state index in [4.69, 9.17) is 5.11 Å². The maximum atomic E-state index is 10.4. The van der Waals surface area contributed by atoms with Crippen LogP contribution in [-0.4, -0.2) is 35.1 Å². The summed E-state index contributed by atoms with van der Waals surface area (Å²) in [6.07, 6.45) is 5.33. The normalized spacial score (nSPS) is 25.5. The summed E-state index contributed by atoms with van der Waals surface area (Å²) in [7, 11) is 0. The summed E-state index contributed by atoms with van der Waals surface area (Å²) < 4.78 is 0. The molecule has 0 aromatic rings. The van der Waals surface area contributed by atoms with Gasteiger partial charge in [0.1, 0.15) is 0 Å². The molecule has 0 bridgehead atoms. The second kappa shape index (κ2) is 5.22. The van der Waals surface area contributed by atoms with Crippen LogP contribution < -0.4 is 0 Å². The van der Waals surface area contributed by atoms with Crippen LogP contribution in [0.15, 0.2) is 0 Å². The van der Waals surface area contributed by atoms with Crippen molar-refractivity contribution in [2.75, 3.05) is 13.1 Å². The minimum Gasteiger partial charge on any atom is -0.481 e. The van der Waals surface area contributed by atoms with Crippen LogP contribution in [0.3, 0.4) is 0 Å². The van der Waals surface area contributed by atoms with Gasteiger partial charge in [-0.2, -0.15) is 0 Å². The molecule has 1 saturated heterocycles. The quantitative estimate of drug-likeness (QED) is 0.728. The van der Waals surface area contributed by atoms with Crippen LogP contribution in [0.1, 0.15) is 39.0 Å². The van der Waals surface area contributed by atoms with Gasteiger partial charge in [-0.1, -0.05) is 12.8 Å². The van der Waals surface area contributed by atoms with Crippen molar-refractivity contribution < 1.29 is 9.90 Å². The molecule has 0 spiro atoms. The largest absolute Gasteiger partial charge is 0.481 e. The maximum Gasteiger partial charge on any atom is 0.304 e. The summed E-state index contributed by atoms with van der Waals surface area (Å²) in [4.78, 5) is 12.7. The van der Waals surface area contributed by atoms with Crippen LogP contribution in [0.25, 0.3) is 0 Å². The summed E-state index contributed by atoms with van der Waals surface area (Å²) in [6.45, 7) is 4.00. The van der Waals surface area contributed by atoms with Gasteiger partial charge in [-0.3, -0.25) is 4.79 Å².